The van der Waals surface area contributed by atoms with Crippen LogP contribution >= 0.6 is 11.3 Å². The standard InChI is InChI=1S/C28H24N2O5S/c1-15-5-8-17(9-6-15)25(31)23-24(18-10-12-20(34-3)21(14-18)35-4)30(27(33)26(23)32)28-29-19-11-7-16(2)13-22(19)36-28/h5-14,24,31H,1-4H3. The van der Waals surface area contributed by atoms with Gasteiger partial charge < -0.3 is 14.6 Å². The van der Waals surface area contributed by atoms with Crippen molar-refractivity contribution in [3.63, 3.8) is 0 Å². The van der Waals surface area contributed by atoms with Gasteiger partial charge in [-0.1, -0.05) is 53.3 Å². The average molecular weight is 501 g/mol. The van der Waals surface area contributed by atoms with Gasteiger partial charge in [0.2, 0.25) is 0 Å². The minimum Gasteiger partial charge on any atom is -0.507 e. The first-order valence-corrected chi connectivity index (χ1v) is 12.1. The molecule has 1 atom stereocenters. The van der Waals surface area contributed by atoms with Crippen molar-refractivity contribution < 1.29 is 24.2 Å². The molecule has 1 N–H and O–H groups in total. The number of hydrogen-bond acceptors (Lipinski definition) is 7. The van der Waals surface area contributed by atoms with Gasteiger partial charge in [-0.05, 0) is 49.2 Å². The second kappa shape index (κ2) is 9.13. The lowest BCUT2D eigenvalue weighted by Crippen LogP contribution is -2.29. The van der Waals surface area contributed by atoms with Crippen molar-refractivity contribution in [2.45, 2.75) is 19.9 Å². The number of fused-ring (bicyclic) bond motifs is 1. The number of ketones is 1. The zero-order valence-electron chi connectivity index (χ0n) is 20.2. The monoisotopic (exact) mass is 500 g/mol. The van der Waals surface area contributed by atoms with Crippen molar-refractivity contribution in [1.82, 2.24) is 4.98 Å². The first-order valence-electron chi connectivity index (χ1n) is 11.3. The molecule has 182 valence electrons. The number of nitrogens with zero attached hydrogens (tertiary/aromatic N) is 2. The second-order valence-corrected chi connectivity index (χ2v) is 9.63. The number of anilines is 1. The fraction of sp³-hybridized carbons (Fsp3) is 0.179. The summed E-state index contributed by atoms with van der Waals surface area (Å²) in [4.78, 5) is 32.9. The van der Waals surface area contributed by atoms with E-state index in [-0.39, 0.29) is 11.3 Å². The van der Waals surface area contributed by atoms with E-state index < -0.39 is 17.7 Å². The van der Waals surface area contributed by atoms with Crippen LogP contribution in [0, 0.1) is 13.8 Å². The number of aliphatic hydroxyl groups excluding tert-OH is 1. The molecule has 1 unspecified atom stereocenters. The van der Waals surface area contributed by atoms with Crippen molar-refractivity contribution in [3.05, 3.63) is 88.5 Å². The molecule has 1 fully saturated rings. The number of carbonyl (C=O) groups is 2. The molecule has 5 rings (SSSR count). The summed E-state index contributed by atoms with van der Waals surface area (Å²) < 4.78 is 11.7. The van der Waals surface area contributed by atoms with Crippen LogP contribution in [-0.4, -0.2) is 36.0 Å². The van der Waals surface area contributed by atoms with E-state index in [1.165, 1.54) is 30.5 Å². The number of aryl methyl sites for hydroxylation is 2. The highest BCUT2D eigenvalue weighted by Crippen LogP contribution is 2.45. The number of hydrogen-bond donors (Lipinski definition) is 1. The van der Waals surface area contributed by atoms with Gasteiger partial charge in [-0.2, -0.15) is 0 Å². The van der Waals surface area contributed by atoms with Crippen LogP contribution in [0.2, 0.25) is 0 Å². The summed E-state index contributed by atoms with van der Waals surface area (Å²) in [5, 5.41) is 11.7. The molecule has 2 heterocycles. The lowest BCUT2D eigenvalue weighted by molar-refractivity contribution is -0.132. The van der Waals surface area contributed by atoms with Crippen molar-refractivity contribution in [2.75, 3.05) is 19.1 Å². The van der Waals surface area contributed by atoms with Gasteiger partial charge in [0.1, 0.15) is 5.76 Å². The third kappa shape index (κ3) is 3.89. The van der Waals surface area contributed by atoms with Crippen molar-refractivity contribution >= 4 is 44.1 Å². The Morgan fingerprint density at radius 3 is 2.31 bits per heavy atom. The largest absolute Gasteiger partial charge is 0.507 e. The summed E-state index contributed by atoms with van der Waals surface area (Å²) in [5.74, 6) is -0.821. The lowest BCUT2D eigenvalue weighted by Gasteiger charge is -2.23. The average Bonchev–Trinajstić information content (AvgIpc) is 3.41. The molecule has 0 aliphatic carbocycles. The first kappa shape index (κ1) is 23.6. The molecule has 1 aliphatic heterocycles. The summed E-state index contributed by atoms with van der Waals surface area (Å²) >= 11 is 1.32. The van der Waals surface area contributed by atoms with Crippen LogP contribution in [0.3, 0.4) is 0 Å². The van der Waals surface area contributed by atoms with E-state index in [9.17, 15) is 14.7 Å². The molecule has 0 bridgehead atoms. The van der Waals surface area contributed by atoms with Crippen LogP contribution in [0.15, 0.2) is 66.2 Å². The summed E-state index contributed by atoms with van der Waals surface area (Å²) in [6.45, 7) is 3.91. The molecule has 8 heteroatoms. The lowest BCUT2D eigenvalue weighted by atomic mass is 9.95. The number of rotatable bonds is 5. The molecular weight excluding hydrogens is 476 g/mol. The molecule has 4 aromatic rings. The first-order chi connectivity index (χ1) is 17.3. The highest BCUT2D eigenvalue weighted by molar-refractivity contribution is 7.22. The van der Waals surface area contributed by atoms with Gasteiger partial charge in [0.15, 0.2) is 16.6 Å². The fourth-order valence-corrected chi connectivity index (χ4v) is 5.45. The van der Waals surface area contributed by atoms with Crippen molar-refractivity contribution in [1.29, 1.82) is 0 Å². The van der Waals surface area contributed by atoms with Crippen LogP contribution < -0.4 is 14.4 Å². The van der Waals surface area contributed by atoms with E-state index >= 15 is 0 Å². The zero-order chi connectivity index (χ0) is 25.6. The number of aromatic nitrogens is 1. The van der Waals surface area contributed by atoms with E-state index in [0.29, 0.717) is 27.8 Å². The van der Waals surface area contributed by atoms with Gasteiger partial charge in [0.25, 0.3) is 5.78 Å². The van der Waals surface area contributed by atoms with Crippen LogP contribution in [0.25, 0.3) is 16.0 Å². The van der Waals surface area contributed by atoms with E-state index in [1.807, 2.05) is 44.2 Å². The summed E-state index contributed by atoms with van der Waals surface area (Å²) in [5.41, 5.74) is 3.82. The van der Waals surface area contributed by atoms with E-state index in [1.54, 1.807) is 30.3 Å². The molecule has 0 saturated carbocycles. The number of aliphatic hydroxyl groups is 1. The van der Waals surface area contributed by atoms with Gasteiger partial charge in [-0.25, -0.2) is 4.98 Å². The Labute approximate surface area is 212 Å². The predicted molar refractivity (Wildman–Crippen MR) is 140 cm³/mol. The minimum atomic E-state index is -0.909. The topological polar surface area (TPSA) is 89.0 Å². The van der Waals surface area contributed by atoms with Crippen LogP contribution in [-0.2, 0) is 9.59 Å². The van der Waals surface area contributed by atoms with Crippen molar-refractivity contribution in [3.8, 4) is 11.5 Å². The summed E-state index contributed by atoms with van der Waals surface area (Å²) in [6, 6.07) is 17.2. The summed E-state index contributed by atoms with van der Waals surface area (Å²) in [6.07, 6.45) is 0. The SMILES string of the molecule is COc1ccc(C2C(=C(O)c3ccc(C)cc3)C(=O)C(=O)N2c2nc3ccc(C)cc3s2)cc1OC. The van der Waals surface area contributed by atoms with Gasteiger partial charge in [0.05, 0.1) is 36.1 Å². The molecule has 1 saturated heterocycles. The number of Topliss-reactive ketones (excluding diaryl/α,β-unsaturated/α-hetero) is 1. The minimum absolute atomic E-state index is 0.00786. The quantitative estimate of drug-likeness (QED) is 0.219. The Bertz CT molecular complexity index is 1540. The molecule has 1 aliphatic rings. The van der Waals surface area contributed by atoms with Crippen LogP contribution in [0.1, 0.15) is 28.3 Å². The third-order valence-corrected chi connectivity index (χ3v) is 7.25. The van der Waals surface area contributed by atoms with Crippen LogP contribution in [0.4, 0.5) is 5.13 Å². The normalized spacial score (nSPS) is 17.1. The van der Waals surface area contributed by atoms with E-state index in [4.69, 9.17) is 9.47 Å². The van der Waals surface area contributed by atoms with Gasteiger partial charge in [-0.15, -0.1) is 0 Å². The highest BCUT2D eigenvalue weighted by atomic mass is 32.1. The predicted octanol–water partition coefficient (Wildman–Crippen LogP) is 5.56. The number of methoxy groups -OCH3 is 2. The Balaban J connectivity index is 1.75. The molecule has 0 radical (unpaired) electrons. The number of benzene rings is 3. The third-order valence-electron chi connectivity index (χ3n) is 6.23. The van der Waals surface area contributed by atoms with Crippen LogP contribution in [0.5, 0.6) is 11.5 Å². The number of amides is 1. The molecule has 1 amide bonds. The molecule has 7 nitrogen and oxygen atoms in total. The van der Waals surface area contributed by atoms with Gasteiger partial charge >= 0.3 is 5.91 Å². The fourth-order valence-electron chi connectivity index (χ4n) is 4.36. The molecule has 1 aromatic heterocycles. The highest BCUT2D eigenvalue weighted by Gasteiger charge is 2.48. The maximum atomic E-state index is 13.5. The maximum absolute atomic E-state index is 13.5. The van der Waals surface area contributed by atoms with E-state index in [0.717, 1.165) is 21.3 Å². The van der Waals surface area contributed by atoms with E-state index in [2.05, 4.69) is 4.98 Å². The Kier molecular flexibility index (Phi) is 5.97. The Hall–Kier alpha value is -4.17. The smallest absolute Gasteiger partial charge is 0.301 e. The molecule has 36 heavy (non-hydrogen) atoms. The van der Waals surface area contributed by atoms with Gasteiger partial charge in [-0.3, -0.25) is 14.5 Å². The Morgan fingerprint density at radius 2 is 1.61 bits per heavy atom. The zero-order valence-corrected chi connectivity index (χ0v) is 21.1. The number of carbonyl (C=O) groups excluding carboxylic acids is 2. The number of thiazole rings is 1. The number of ether oxygens (including phenoxy) is 2. The Morgan fingerprint density at radius 1 is 0.917 bits per heavy atom. The molecule has 3 aromatic carbocycles. The molecule has 0 spiro atoms. The van der Waals surface area contributed by atoms with Crippen molar-refractivity contribution in [2.24, 2.45) is 0 Å². The van der Waals surface area contributed by atoms with Gasteiger partial charge in [0, 0.05) is 5.56 Å². The summed E-state index contributed by atoms with van der Waals surface area (Å²) in [7, 11) is 3.05. The molecular formula is C28H24N2O5S. The maximum Gasteiger partial charge on any atom is 0.301 e. The second-order valence-electron chi connectivity index (χ2n) is 8.62.